The standard InChI is InChI=1S/C7H7BO2S.2H2O/c8-7-3-1-6(2-4-7)5-11(9)10;;/h1-4H,5H2,(H,9,10);2*1H2/p-1. The zero-order valence-corrected chi connectivity index (χ0v) is 7.64. The van der Waals surface area contributed by atoms with Crippen LogP contribution in [0.1, 0.15) is 5.56 Å². The van der Waals surface area contributed by atoms with Gasteiger partial charge in [0.15, 0.2) is 0 Å². The highest BCUT2D eigenvalue weighted by atomic mass is 32.2. The number of hydrogen-bond acceptors (Lipinski definition) is 2. The second-order valence-corrected chi connectivity index (χ2v) is 3.09. The third-order valence-electron chi connectivity index (χ3n) is 1.26. The minimum Gasteiger partial charge on any atom is -0.772 e. The lowest BCUT2D eigenvalue weighted by atomic mass is 9.96. The zero-order chi connectivity index (χ0) is 8.27. The summed E-state index contributed by atoms with van der Waals surface area (Å²) in [6.07, 6.45) is 0. The van der Waals surface area contributed by atoms with E-state index in [1.165, 1.54) is 0 Å². The number of rotatable bonds is 2. The molecule has 0 amide bonds. The summed E-state index contributed by atoms with van der Waals surface area (Å²) in [4.78, 5) is 0. The Morgan fingerprint density at radius 1 is 1.23 bits per heavy atom. The Labute approximate surface area is 80.3 Å². The third kappa shape index (κ3) is 5.54. The molecule has 0 saturated heterocycles. The van der Waals surface area contributed by atoms with Gasteiger partial charge in [0.2, 0.25) is 0 Å². The van der Waals surface area contributed by atoms with Crippen LogP contribution in [0.3, 0.4) is 0 Å². The fourth-order valence-electron chi connectivity index (χ4n) is 0.750. The van der Waals surface area contributed by atoms with Crippen molar-refractivity contribution in [3.63, 3.8) is 0 Å². The van der Waals surface area contributed by atoms with E-state index in [2.05, 4.69) is 0 Å². The Bertz CT molecular complexity index is 262. The van der Waals surface area contributed by atoms with Crippen LogP contribution in [-0.2, 0) is 16.8 Å². The molecule has 2 radical (unpaired) electrons. The molecular weight excluding hydrogens is 191 g/mol. The van der Waals surface area contributed by atoms with Crippen molar-refractivity contribution in [2.75, 3.05) is 0 Å². The van der Waals surface area contributed by atoms with Gasteiger partial charge in [-0.1, -0.05) is 40.8 Å². The average Bonchev–Trinajstić information content (AvgIpc) is 1.93. The van der Waals surface area contributed by atoms with E-state index in [4.69, 9.17) is 7.85 Å². The molecule has 13 heavy (non-hydrogen) atoms. The van der Waals surface area contributed by atoms with Gasteiger partial charge in [-0.2, -0.15) is 0 Å². The van der Waals surface area contributed by atoms with Gasteiger partial charge in [-0.05, 0) is 5.56 Å². The van der Waals surface area contributed by atoms with Gasteiger partial charge < -0.3 is 15.5 Å². The lowest BCUT2D eigenvalue weighted by molar-refractivity contribution is 0.536. The second kappa shape index (κ2) is 6.79. The van der Waals surface area contributed by atoms with Crippen LogP contribution in [0, 0.1) is 0 Å². The van der Waals surface area contributed by atoms with Gasteiger partial charge in [0.1, 0.15) is 7.85 Å². The third-order valence-corrected chi connectivity index (χ3v) is 1.83. The minimum atomic E-state index is -2.01. The lowest BCUT2D eigenvalue weighted by Crippen LogP contribution is -2.01. The highest BCUT2D eigenvalue weighted by molar-refractivity contribution is 7.78. The summed E-state index contributed by atoms with van der Waals surface area (Å²) >= 11 is -2.01. The molecule has 4 nitrogen and oxygen atoms in total. The maximum absolute atomic E-state index is 10.2. The molecule has 1 unspecified atom stereocenters. The molecule has 0 fully saturated rings. The Morgan fingerprint density at radius 3 is 2.08 bits per heavy atom. The maximum Gasteiger partial charge on any atom is 0.113 e. The van der Waals surface area contributed by atoms with E-state index in [9.17, 15) is 8.76 Å². The monoisotopic (exact) mass is 201 g/mol. The molecule has 0 heterocycles. The fourth-order valence-corrected chi connectivity index (χ4v) is 1.21. The summed E-state index contributed by atoms with van der Waals surface area (Å²) in [7, 11) is 5.40. The SMILES string of the molecule is O.O.[B]c1ccc(CS(=O)[O-])cc1. The Hall–Kier alpha value is -0.685. The molecule has 72 valence electrons. The molecule has 0 aliphatic carbocycles. The minimum absolute atomic E-state index is 0. The molecule has 0 saturated carbocycles. The highest BCUT2D eigenvalue weighted by Crippen LogP contribution is 1.98. The van der Waals surface area contributed by atoms with Crippen LogP contribution >= 0.6 is 0 Å². The van der Waals surface area contributed by atoms with Crippen LogP contribution in [-0.4, -0.2) is 27.6 Å². The molecule has 6 heteroatoms. The fraction of sp³-hybridized carbons (Fsp3) is 0.143. The van der Waals surface area contributed by atoms with E-state index in [1.807, 2.05) is 0 Å². The van der Waals surface area contributed by atoms with Gasteiger partial charge in [0.05, 0.1) is 0 Å². The Balaban J connectivity index is 0. The maximum atomic E-state index is 10.2. The first-order chi connectivity index (χ1) is 5.18. The van der Waals surface area contributed by atoms with Crippen molar-refractivity contribution in [3.05, 3.63) is 29.8 Å². The Morgan fingerprint density at radius 2 is 1.69 bits per heavy atom. The molecule has 1 atom stereocenters. The van der Waals surface area contributed by atoms with Crippen molar-refractivity contribution in [1.82, 2.24) is 0 Å². The normalized spacial score (nSPS) is 10.8. The zero-order valence-electron chi connectivity index (χ0n) is 6.82. The van der Waals surface area contributed by atoms with E-state index in [0.717, 1.165) is 5.56 Å². The quantitative estimate of drug-likeness (QED) is 0.416. The summed E-state index contributed by atoms with van der Waals surface area (Å²) < 4.78 is 20.4. The van der Waals surface area contributed by atoms with Crippen LogP contribution in [0.2, 0.25) is 0 Å². The highest BCUT2D eigenvalue weighted by Gasteiger charge is 1.90. The second-order valence-electron chi connectivity index (χ2n) is 2.19. The predicted octanol–water partition coefficient (Wildman–Crippen LogP) is -1.79. The summed E-state index contributed by atoms with van der Waals surface area (Å²) in [5.41, 5.74) is 1.40. The molecule has 1 aromatic carbocycles. The first kappa shape index (κ1) is 14.8. The molecular formula is C7H10BO4S-. The topological polar surface area (TPSA) is 103 Å². The first-order valence-electron chi connectivity index (χ1n) is 3.09. The molecule has 0 bridgehead atoms. The van der Waals surface area contributed by atoms with Crippen LogP contribution in [0.5, 0.6) is 0 Å². The van der Waals surface area contributed by atoms with Crippen LogP contribution in [0.4, 0.5) is 0 Å². The Kier molecular flexibility index (Phi) is 7.74. The van der Waals surface area contributed by atoms with Crippen molar-refractivity contribution in [2.24, 2.45) is 0 Å². The van der Waals surface area contributed by atoms with Crippen molar-refractivity contribution in [1.29, 1.82) is 0 Å². The molecule has 4 N–H and O–H groups in total. The summed E-state index contributed by atoms with van der Waals surface area (Å²) in [6.45, 7) is 0. The largest absolute Gasteiger partial charge is 0.772 e. The van der Waals surface area contributed by atoms with Gasteiger partial charge >= 0.3 is 0 Å². The van der Waals surface area contributed by atoms with Crippen LogP contribution in [0.15, 0.2) is 24.3 Å². The van der Waals surface area contributed by atoms with E-state index in [1.54, 1.807) is 24.3 Å². The molecule has 0 aliphatic rings. The van der Waals surface area contributed by atoms with Crippen LogP contribution in [0.25, 0.3) is 0 Å². The summed E-state index contributed by atoms with van der Waals surface area (Å²) in [5, 5.41) is 0. The molecule has 0 spiro atoms. The molecule has 0 aromatic heterocycles. The van der Waals surface area contributed by atoms with Gasteiger partial charge in [0.25, 0.3) is 0 Å². The van der Waals surface area contributed by atoms with Crippen molar-refractivity contribution in [3.8, 4) is 0 Å². The first-order valence-corrected chi connectivity index (χ1v) is 4.33. The summed E-state index contributed by atoms with van der Waals surface area (Å²) in [5.74, 6) is 0.0558. The molecule has 0 aliphatic heterocycles. The van der Waals surface area contributed by atoms with E-state index < -0.39 is 11.1 Å². The van der Waals surface area contributed by atoms with E-state index in [0.29, 0.717) is 5.46 Å². The van der Waals surface area contributed by atoms with Crippen molar-refractivity contribution < 1.29 is 19.7 Å². The molecule has 1 rings (SSSR count). The number of hydrogen-bond donors (Lipinski definition) is 0. The average molecular weight is 201 g/mol. The molecule has 1 aromatic rings. The predicted molar refractivity (Wildman–Crippen MR) is 51.7 cm³/mol. The van der Waals surface area contributed by atoms with Gasteiger partial charge in [-0.15, -0.1) is 0 Å². The van der Waals surface area contributed by atoms with E-state index >= 15 is 0 Å². The lowest BCUT2D eigenvalue weighted by Gasteiger charge is -2.04. The van der Waals surface area contributed by atoms with Gasteiger partial charge in [-0.25, -0.2) is 0 Å². The van der Waals surface area contributed by atoms with Crippen molar-refractivity contribution >= 4 is 24.4 Å². The van der Waals surface area contributed by atoms with Gasteiger partial charge in [0, 0.05) is 5.75 Å². The van der Waals surface area contributed by atoms with Crippen molar-refractivity contribution in [2.45, 2.75) is 5.75 Å². The van der Waals surface area contributed by atoms with Crippen LogP contribution < -0.4 is 5.46 Å². The smallest absolute Gasteiger partial charge is 0.113 e. The van der Waals surface area contributed by atoms with Gasteiger partial charge in [-0.3, -0.25) is 4.21 Å². The van der Waals surface area contributed by atoms with E-state index in [-0.39, 0.29) is 16.7 Å². The number of benzene rings is 1. The summed E-state index contributed by atoms with van der Waals surface area (Å²) in [6, 6.07) is 6.76.